The second-order valence-corrected chi connectivity index (χ2v) is 3.52. The van der Waals surface area contributed by atoms with Crippen molar-refractivity contribution in [2.24, 2.45) is 7.05 Å². The summed E-state index contributed by atoms with van der Waals surface area (Å²) in [5, 5.41) is 3.37. The minimum absolute atomic E-state index is 0.0213. The number of hydrogen-bond acceptors (Lipinski definition) is 4. The summed E-state index contributed by atoms with van der Waals surface area (Å²) in [6.07, 6.45) is 7.03. The molecule has 0 fully saturated rings. The van der Waals surface area contributed by atoms with Crippen LogP contribution in [0.4, 0.5) is 0 Å². The Balaban J connectivity index is 2.35. The fourth-order valence-electron chi connectivity index (χ4n) is 1.66. The van der Waals surface area contributed by atoms with Gasteiger partial charge in [-0.3, -0.25) is 0 Å². The molecule has 0 bridgehead atoms. The van der Waals surface area contributed by atoms with Crippen molar-refractivity contribution in [2.45, 2.75) is 13.0 Å². The summed E-state index contributed by atoms with van der Waals surface area (Å²) < 4.78 is 2.00. The molecule has 5 nitrogen and oxygen atoms in total. The molecule has 0 radical (unpaired) electrons. The first-order chi connectivity index (χ1) is 7.83. The normalized spacial score (nSPS) is 12.6. The molecule has 0 aliphatic carbocycles. The second kappa shape index (κ2) is 4.85. The Hall–Kier alpha value is -1.75. The van der Waals surface area contributed by atoms with Gasteiger partial charge < -0.3 is 9.88 Å². The standard InChI is InChI=1S/C11H15N5/c1-3-13-10(9-4-5-12-8-15-9)11-14-6-7-16(11)2/h4-8,10,13H,3H2,1-2H3. The van der Waals surface area contributed by atoms with Gasteiger partial charge in [-0.25, -0.2) is 15.0 Å². The van der Waals surface area contributed by atoms with Gasteiger partial charge in [-0.15, -0.1) is 0 Å². The molecule has 2 heterocycles. The van der Waals surface area contributed by atoms with Crippen LogP contribution in [0.3, 0.4) is 0 Å². The molecule has 16 heavy (non-hydrogen) atoms. The van der Waals surface area contributed by atoms with E-state index < -0.39 is 0 Å². The average Bonchev–Trinajstić information content (AvgIpc) is 2.73. The van der Waals surface area contributed by atoms with Crippen LogP contribution >= 0.6 is 0 Å². The van der Waals surface area contributed by atoms with Crippen LogP contribution < -0.4 is 5.32 Å². The minimum atomic E-state index is 0.0213. The number of aryl methyl sites for hydroxylation is 1. The third-order valence-corrected chi connectivity index (χ3v) is 2.43. The average molecular weight is 217 g/mol. The molecule has 1 N–H and O–H groups in total. The van der Waals surface area contributed by atoms with Gasteiger partial charge in [0, 0.05) is 25.6 Å². The lowest BCUT2D eigenvalue weighted by atomic mass is 10.2. The first-order valence-electron chi connectivity index (χ1n) is 5.29. The SMILES string of the molecule is CCNC(c1ccncn1)c1nccn1C. The molecule has 0 aliphatic heterocycles. The summed E-state index contributed by atoms with van der Waals surface area (Å²) in [6, 6.07) is 1.93. The molecule has 5 heteroatoms. The minimum Gasteiger partial charge on any atom is -0.336 e. The molecule has 0 aromatic carbocycles. The predicted molar refractivity (Wildman–Crippen MR) is 60.8 cm³/mol. The van der Waals surface area contributed by atoms with E-state index in [1.54, 1.807) is 18.7 Å². The summed E-state index contributed by atoms with van der Waals surface area (Å²) in [6.45, 7) is 2.93. The van der Waals surface area contributed by atoms with Crippen molar-refractivity contribution in [3.8, 4) is 0 Å². The van der Waals surface area contributed by atoms with Crippen LogP contribution in [0.15, 0.2) is 31.0 Å². The molecule has 0 amide bonds. The lowest BCUT2D eigenvalue weighted by molar-refractivity contribution is 0.563. The molecule has 1 atom stereocenters. The maximum Gasteiger partial charge on any atom is 0.131 e. The quantitative estimate of drug-likeness (QED) is 0.827. The summed E-state index contributed by atoms with van der Waals surface area (Å²) in [5.74, 6) is 0.959. The highest BCUT2D eigenvalue weighted by atomic mass is 15.1. The molecule has 0 saturated heterocycles. The summed E-state index contributed by atoms with van der Waals surface area (Å²) in [7, 11) is 1.98. The lowest BCUT2D eigenvalue weighted by Gasteiger charge is -2.16. The van der Waals surface area contributed by atoms with Crippen molar-refractivity contribution < 1.29 is 0 Å². The van der Waals surface area contributed by atoms with Crippen LogP contribution in [-0.4, -0.2) is 26.1 Å². The summed E-state index contributed by atoms with van der Waals surface area (Å²) in [4.78, 5) is 12.5. The van der Waals surface area contributed by atoms with Crippen molar-refractivity contribution in [3.05, 3.63) is 42.5 Å². The van der Waals surface area contributed by atoms with Gasteiger partial charge in [-0.05, 0) is 12.6 Å². The fraction of sp³-hybridized carbons (Fsp3) is 0.364. The van der Waals surface area contributed by atoms with E-state index in [9.17, 15) is 0 Å². The van der Waals surface area contributed by atoms with Gasteiger partial charge in [0.15, 0.2) is 0 Å². The molecule has 0 aliphatic rings. The number of nitrogens with one attached hydrogen (secondary N) is 1. The molecular weight excluding hydrogens is 202 g/mol. The monoisotopic (exact) mass is 217 g/mol. The Morgan fingerprint density at radius 2 is 2.25 bits per heavy atom. The predicted octanol–water partition coefficient (Wildman–Crippen LogP) is 0.909. The van der Waals surface area contributed by atoms with Crippen molar-refractivity contribution >= 4 is 0 Å². The highest BCUT2D eigenvalue weighted by molar-refractivity contribution is 5.16. The number of rotatable bonds is 4. The van der Waals surface area contributed by atoms with Gasteiger partial charge in [0.25, 0.3) is 0 Å². The van der Waals surface area contributed by atoms with Crippen LogP contribution in [0.25, 0.3) is 0 Å². The summed E-state index contributed by atoms with van der Waals surface area (Å²) >= 11 is 0. The van der Waals surface area contributed by atoms with Crippen LogP contribution in [-0.2, 0) is 7.05 Å². The molecule has 0 spiro atoms. The zero-order chi connectivity index (χ0) is 11.4. The Morgan fingerprint density at radius 3 is 2.81 bits per heavy atom. The van der Waals surface area contributed by atoms with Crippen LogP contribution in [0.1, 0.15) is 24.5 Å². The number of hydrogen-bond donors (Lipinski definition) is 1. The fourth-order valence-corrected chi connectivity index (χ4v) is 1.66. The van der Waals surface area contributed by atoms with Crippen LogP contribution in [0.5, 0.6) is 0 Å². The second-order valence-electron chi connectivity index (χ2n) is 3.52. The van der Waals surface area contributed by atoms with E-state index in [0.717, 1.165) is 18.1 Å². The highest BCUT2D eigenvalue weighted by Gasteiger charge is 2.17. The molecule has 1 unspecified atom stereocenters. The van der Waals surface area contributed by atoms with Gasteiger partial charge >= 0.3 is 0 Å². The van der Waals surface area contributed by atoms with E-state index in [1.165, 1.54) is 0 Å². The van der Waals surface area contributed by atoms with E-state index in [4.69, 9.17) is 0 Å². The maximum atomic E-state index is 4.35. The van der Waals surface area contributed by atoms with Gasteiger partial charge in [-0.1, -0.05) is 6.92 Å². The van der Waals surface area contributed by atoms with Gasteiger partial charge in [0.05, 0.1) is 5.69 Å². The van der Waals surface area contributed by atoms with E-state index in [0.29, 0.717) is 0 Å². The van der Waals surface area contributed by atoms with Crippen molar-refractivity contribution in [1.82, 2.24) is 24.8 Å². The van der Waals surface area contributed by atoms with E-state index in [2.05, 4.69) is 27.2 Å². The van der Waals surface area contributed by atoms with E-state index in [1.807, 2.05) is 23.9 Å². The lowest BCUT2D eigenvalue weighted by Crippen LogP contribution is -2.25. The third-order valence-electron chi connectivity index (χ3n) is 2.43. The molecule has 0 saturated carbocycles. The molecular formula is C11H15N5. The molecule has 2 aromatic heterocycles. The summed E-state index contributed by atoms with van der Waals surface area (Å²) in [5.41, 5.74) is 0.936. The smallest absolute Gasteiger partial charge is 0.131 e. The zero-order valence-corrected chi connectivity index (χ0v) is 9.46. The Labute approximate surface area is 94.6 Å². The molecule has 2 aromatic rings. The maximum absolute atomic E-state index is 4.35. The Bertz CT molecular complexity index is 437. The third kappa shape index (κ3) is 2.09. The number of imidazole rings is 1. The molecule has 2 rings (SSSR count). The Kier molecular flexibility index (Phi) is 3.26. The van der Waals surface area contributed by atoms with Gasteiger partial charge in [0.2, 0.25) is 0 Å². The van der Waals surface area contributed by atoms with Crippen molar-refractivity contribution in [1.29, 1.82) is 0 Å². The van der Waals surface area contributed by atoms with Gasteiger partial charge in [-0.2, -0.15) is 0 Å². The highest BCUT2D eigenvalue weighted by Crippen LogP contribution is 2.17. The Morgan fingerprint density at radius 1 is 1.38 bits per heavy atom. The van der Waals surface area contributed by atoms with Crippen LogP contribution in [0.2, 0.25) is 0 Å². The van der Waals surface area contributed by atoms with Crippen molar-refractivity contribution in [3.63, 3.8) is 0 Å². The number of nitrogens with zero attached hydrogens (tertiary/aromatic N) is 4. The van der Waals surface area contributed by atoms with E-state index in [-0.39, 0.29) is 6.04 Å². The first kappa shape index (κ1) is 10.8. The first-order valence-corrected chi connectivity index (χ1v) is 5.29. The van der Waals surface area contributed by atoms with Crippen LogP contribution in [0, 0.1) is 0 Å². The topological polar surface area (TPSA) is 55.6 Å². The largest absolute Gasteiger partial charge is 0.336 e. The van der Waals surface area contributed by atoms with E-state index >= 15 is 0 Å². The number of aromatic nitrogens is 4. The molecule has 84 valence electrons. The van der Waals surface area contributed by atoms with Gasteiger partial charge in [0.1, 0.15) is 18.2 Å². The van der Waals surface area contributed by atoms with Crippen molar-refractivity contribution in [2.75, 3.05) is 6.54 Å². The zero-order valence-electron chi connectivity index (χ0n) is 9.46.